The van der Waals surface area contributed by atoms with Crippen LogP contribution in [0.5, 0.6) is 0 Å². The Balaban J connectivity index is 1.35. The molecule has 0 N–H and O–H groups in total. The molecule has 9 rings (SSSR count). The number of hydrogen-bond donors (Lipinski definition) is 0. The Morgan fingerprint density at radius 2 is 1.14 bits per heavy atom. The Morgan fingerprint density at radius 3 is 2.00 bits per heavy atom. The molecule has 0 radical (unpaired) electrons. The van der Waals surface area contributed by atoms with Gasteiger partial charge in [0.1, 0.15) is 0 Å². The summed E-state index contributed by atoms with van der Waals surface area (Å²) in [5, 5.41) is 0. The molecule has 0 amide bonds. The number of aromatic nitrogens is 1. The summed E-state index contributed by atoms with van der Waals surface area (Å²) in [7, 11) is 0. The Hall–Kier alpha value is -4.17. The van der Waals surface area contributed by atoms with Crippen LogP contribution in [0.2, 0.25) is 0 Å². The van der Waals surface area contributed by atoms with Crippen molar-refractivity contribution >= 4 is 17.1 Å². The summed E-state index contributed by atoms with van der Waals surface area (Å²) in [6.07, 6.45) is 8.12. The lowest BCUT2D eigenvalue weighted by Crippen LogP contribution is -2.26. The number of benzene rings is 4. The zero-order chi connectivity index (χ0) is 22.7. The molecular weight excluding hydrogens is 424 g/mol. The van der Waals surface area contributed by atoms with Gasteiger partial charge in [0.15, 0.2) is 0 Å². The third-order valence-corrected chi connectivity index (χ3v) is 8.53. The first-order valence-electron chi connectivity index (χ1n) is 12.6. The lowest BCUT2D eigenvalue weighted by molar-refractivity contribution is 0.984. The number of fused-ring (bicyclic) bond motifs is 11. The van der Waals surface area contributed by atoms with Gasteiger partial charge in [-0.1, -0.05) is 60.7 Å². The average molecular weight is 447 g/mol. The van der Waals surface area contributed by atoms with E-state index >= 15 is 0 Å². The maximum atomic E-state index is 4.67. The summed E-state index contributed by atoms with van der Waals surface area (Å²) in [5.74, 6) is 0. The molecule has 0 fully saturated rings. The number of nitrogens with zero attached hydrogens (tertiary/aromatic N) is 2. The highest BCUT2D eigenvalue weighted by molar-refractivity contribution is 6.00. The van der Waals surface area contributed by atoms with Gasteiger partial charge in [-0.2, -0.15) is 0 Å². The molecule has 2 heteroatoms. The monoisotopic (exact) mass is 446 g/mol. The van der Waals surface area contributed by atoms with Crippen LogP contribution in [0.4, 0.5) is 17.1 Å². The Kier molecular flexibility index (Phi) is 3.27. The zero-order valence-electron chi connectivity index (χ0n) is 19.3. The number of hydrogen-bond acceptors (Lipinski definition) is 2. The van der Waals surface area contributed by atoms with Gasteiger partial charge in [0, 0.05) is 30.8 Å². The van der Waals surface area contributed by atoms with Gasteiger partial charge in [0.25, 0.3) is 0 Å². The zero-order valence-corrected chi connectivity index (χ0v) is 19.3. The summed E-state index contributed by atoms with van der Waals surface area (Å²) in [5.41, 5.74) is 21.0. The minimum absolute atomic E-state index is 0.943. The lowest BCUT2D eigenvalue weighted by Gasteiger charge is -2.40. The smallest absolute Gasteiger partial charge is 0.0578 e. The SMILES string of the molecule is c1ccc2c(c1)Cc1cc3c(cc1-2)Cc1cncc2c1N3c1c(ccc3c1-c1ccccc1C3)C2. The average Bonchev–Trinajstić information content (AvgIpc) is 3.45. The van der Waals surface area contributed by atoms with Crippen LogP contribution in [0.15, 0.2) is 85.2 Å². The predicted molar refractivity (Wildman–Crippen MR) is 141 cm³/mol. The molecule has 0 spiro atoms. The third kappa shape index (κ3) is 2.27. The largest absolute Gasteiger partial charge is 0.309 e. The van der Waals surface area contributed by atoms with Gasteiger partial charge in [-0.05, 0) is 86.2 Å². The second kappa shape index (κ2) is 6.28. The molecule has 2 nitrogen and oxygen atoms in total. The predicted octanol–water partition coefficient (Wildman–Crippen LogP) is 7.50. The number of rotatable bonds is 0. The summed E-state index contributed by atoms with van der Waals surface area (Å²) in [6, 6.07) is 27.6. The van der Waals surface area contributed by atoms with Gasteiger partial charge in [-0.15, -0.1) is 0 Å². The van der Waals surface area contributed by atoms with Crippen molar-refractivity contribution in [3.8, 4) is 22.3 Å². The highest BCUT2D eigenvalue weighted by atomic mass is 15.2. The molecule has 0 saturated heterocycles. The molecule has 3 heterocycles. The van der Waals surface area contributed by atoms with Gasteiger partial charge in [0.05, 0.1) is 17.1 Å². The quantitative estimate of drug-likeness (QED) is 0.240. The normalized spacial score (nSPS) is 14.9. The molecule has 0 unspecified atom stereocenters. The van der Waals surface area contributed by atoms with Crippen molar-refractivity contribution in [1.29, 1.82) is 0 Å². The van der Waals surface area contributed by atoms with E-state index in [1.165, 1.54) is 83.8 Å². The van der Waals surface area contributed by atoms with E-state index in [1.807, 2.05) is 0 Å². The fourth-order valence-electron chi connectivity index (χ4n) is 7.07. The van der Waals surface area contributed by atoms with E-state index in [9.17, 15) is 0 Å². The van der Waals surface area contributed by atoms with Crippen LogP contribution in [-0.2, 0) is 25.7 Å². The van der Waals surface area contributed by atoms with Crippen LogP contribution in [0.25, 0.3) is 22.3 Å². The van der Waals surface area contributed by atoms with Gasteiger partial charge >= 0.3 is 0 Å². The van der Waals surface area contributed by atoms with E-state index in [-0.39, 0.29) is 0 Å². The molecule has 2 aliphatic carbocycles. The molecule has 4 aromatic carbocycles. The Morgan fingerprint density at radius 1 is 0.486 bits per heavy atom. The third-order valence-electron chi connectivity index (χ3n) is 8.53. The van der Waals surface area contributed by atoms with E-state index < -0.39 is 0 Å². The maximum absolute atomic E-state index is 4.67. The van der Waals surface area contributed by atoms with E-state index in [1.54, 1.807) is 0 Å². The van der Waals surface area contributed by atoms with Crippen molar-refractivity contribution in [2.24, 2.45) is 0 Å². The molecule has 0 bridgehead atoms. The highest BCUT2D eigenvalue weighted by Crippen LogP contribution is 2.56. The molecule has 5 aromatic rings. The molecule has 0 atom stereocenters. The standard InChI is InChI=1S/C33H22N2/c1-3-7-27-19(5-1)12-23-16-30-24(15-29(23)27)14-26-18-34-17-25-13-22-10-9-21-11-20-6-2-4-8-28(20)31(21)33(22)35(30)32(25)26/h1-10,15-18H,11-14H2. The molecule has 164 valence electrons. The fraction of sp³-hybridized carbons (Fsp3) is 0.121. The van der Waals surface area contributed by atoms with E-state index in [0.29, 0.717) is 0 Å². The minimum Gasteiger partial charge on any atom is -0.309 e. The van der Waals surface area contributed by atoms with Crippen molar-refractivity contribution in [3.63, 3.8) is 0 Å². The summed E-state index contributed by atoms with van der Waals surface area (Å²) < 4.78 is 0. The van der Waals surface area contributed by atoms with Crippen LogP contribution in [0.3, 0.4) is 0 Å². The minimum atomic E-state index is 0.943. The van der Waals surface area contributed by atoms with Crippen LogP contribution >= 0.6 is 0 Å². The molecular formula is C33H22N2. The van der Waals surface area contributed by atoms with E-state index in [0.717, 1.165) is 25.7 Å². The van der Waals surface area contributed by atoms with E-state index in [2.05, 4.69) is 95.1 Å². The van der Waals surface area contributed by atoms with Crippen LogP contribution in [-0.4, -0.2) is 4.98 Å². The molecule has 0 saturated carbocycles. The van der Waals surface area contributed by atoms with E-state index in [4.69, 9.17) is 0 Å². The first-order chi connectivity index (χ1) is 17.3. The van der Waals surface area contributed by atoms with Crippen LogP contribution < -0.4 is 4.90 Å². The second-order valence-corrected chi connectivity index (χ2v) is 10.4. The summed E-state index contributed by atoms with van der Waals surface area (Å²) in [6.45, 7) is 0. The molecule has 4 aliphatic rings. The van der Waals surface area contributed by atoms with Gasteiger partial charge in [0.2, 0.25) is 0 Å². The Bertz CT molecular complexity index is 1760. The highest BCUT2D eigenvalue weighted by Gasteiger charge is 2.37. The number of anilines is 3. The Labute approximate surface area is 204 Å². The van der Waals surface area contributed by atoms with Crippen molar-refractivity contribution in [3.05, 3.63) is 130 Å². The van der Waals surface area contributed by atoms with Gasteiger partial charge in [-0.3, -0.25) is 4.98 Å². The topological polar surface area (TPSA) is 16.1 Å². The van der Waals surface area contributed by atoms with Gasteiger partial charge in [-0.25, -0.2) is 0 Å². The van der Waals surface area contributed by atoms with Gasteiger partial charge < -0.3 is 4.90 Å². The van der Waals surface area contributed by atoms with Crippen molar-refractivity contribution in [2.45, 2.75) is 25.7 Å². The first-order valence-corrected chi connectivity index (χ1v) is 12.6. The molecule has 35 heavy (non-hydrogen) atoms. The maximum Gasteiger partial charge on any atom is 0.0578 e. The fourth-order valence-corrected chi connectivity index (χ4v) is 7.07. The van der Waals surface area contributed by atoms with Crippen molar-refractivity contribution in [1.82, 2.24) is 4.98 Å². The first kappa shape index (κ1) is 18.2. The molecule has 2 aliphatic heterocycles. The van der Waals surface area contributed by atoms with Crippen LogP contribution in [0, 0.1) is 0 Å². The summed E-state index contributed by atoms with van der Waals surface area (Å²) in [4.78, 5) is 7.28. The van der Waals surface area contributed by atoms with Crippen LogP contribution in [0.1, 0.15) is 44.5 Å². The van der Waals surface area contributed by atoms with Crippen molar-refractivity contribution < 1.29 is 0 Å². The summed E-state index contributed by atoms with van der Waals surface area (Å²) >= 11 is 0. The second-order valence-electron chi connectivity index (χ2n) is 10.4. The lowest BCUT2D eigenvalue weighted by atomic mass is 9.84. The van der Waals surface area contributed by atoms with Crippen molar-refractivity contribution in [2.75, 3.05) is 4.90 Å². The number of pyridine rings is 1. The molecule has 1 aromatic heterocycles.